The van der Waals surface area contributed by atoms with Crippen LogP contribution in [0.15, 0.2) is 61.2 Å². The summed E-state index contributed by atoms with van der Waals surface area (Å²) in [7, 11) is 1.87. The number of aromatic amines is 1. The van der Waals surface area contributed by atoms with E-state index in [0.717, 1.165) is 27.6 Å². The van der Waals surface area contributed by atoms with Crippen molar-refractivity contribution in [1.82, 2.24) is 29.7 Å². The molecule has 0 amide bonds. The van der Waals surface area contributed by atoms with Gasteiger partial charge in [0.05, 0.1) is 24.2 Å². The van der Waals surface area contributed by atoms with Crippen LogP contribution >= 0.6 is 0 Å². The number of H-pyrrole nitrogens is 1. The van der Waals surface area contributed by atoms with Crippen LogP contribution in [0.5, 0.6) is 0 Å². The number of aromatic nitrogens is 6. The highest BCUT2D eigenvalue weighted by molar-refractivity contribution is 5.95. The Bertz CT molecular complexity index is 1450. The summed E-state index contributed by atoms with van der Waals surface area (Å²) in [5.74, 6) is 0.0560. The van der Waals surface area contributed by atoms with Crippen LogP contribution in [-0.2, 0) is 19.3 Å². The van der Waals surface area contributed by atoms with Gasteiger partial charge in [-0.05, 0) is 30.2 Å². The predicted molar refractivity (Wildman–Crippen MR) is 125 cm³/mol. The lowest BCUT2D eigenvalue weighted by Crippen LogP contribution is -2.25. The molecule has 5 aromatic rings. The summed E-state index contributed by atoms with van der Waals surface area (Å²) >= 11 is 0. The zero-order valence-electron chi connectivity index (χ0n) is 18.2. The van der Waals surface area contributed by atoms with Gasteiger partial charge in [-0.3, -0.25) is 4.68 Å². The second-order valence-corrected chi connectivity index (χ2v) is 8.15. The van der Waals surface area contributed by atoms with E-state index in [1.54, 1.807) is 54.3 Å². The van der Waals surface area contributed by atoms with Crippen molar-refractivity contribution in [3.05, 3.63) is 78.0 Å². The molecule has 5 rings (SSSR count). The Morgan fingerprint density at radius 1 is 1.09 bits per heavy atom. The van der Waals surface area contributed by atoms with Gasteiger partial charge in [0.1, 0.15) is 11.2 Å². The van der Waals surface area contributed by atoms with E-state index in [4.69, 9.17) is 5.73 Å². The van der Waals surface area contributed by atoms with Gasteiger partial charge in [-0.25, -0.2) is 15.0 Å². The van der Waals surface area contributed by atoms with Crippen LogP contribution in [0.3, 0.4) is 0 Å². The Labute approximate surface area is 189 Å². The van der Waals surface area contributed by atoms with Crippen LogP contribution < -0.4 is 5.73 Å². The minimum Gasteiger partial charge on any atom is -0.392 e. The molecule has 0 fully saturated rings. The van der Waals surface area contributed by atoms with Crippen LogP contribution in [0.4, 0.5) is 5.95 Å². The Morgan fingerprint density at radius 3 is 2.58 bits per heavy atom. The SMILES string of the molecule is Cn1cc(-c2cnc3[nH]cc(-c4cc(C(C)(O)c5ccc(CO)cc5)nc(N)n4)c3c2)cn1. The predicted octanol–water partition coefficient (Wildman–Crippen LogP) is 2.75. The molecular weight excluding hydrogens is 418 g/mol. The average Bonchev–Trinajstić information content (AvgIpc) is 3.44. The van der Waals surface area contributed by atoms with Crippen molar-refractivity contribution in [3.63, 3.8) is 0 Å². The van der Waals surface area contributed by atoms with Crippen molar-refractivity contribution in [3.8, 4) is 22.4 Å². The third kappa shape index (κ3) is 3.73. The largest absolute Gasteiger partial charge is 0.392 e. The number of rotatable bonds is 5. The molecule has 0 saturated carbocycles. The smallest absolute Gasteiger partial charge is 0.220 e. The topological polar surface area (TPSA) is 139 Å². The van der Waals surface area contributed by atoms with Gasteiger partial charge >= 0.3 is 0 Å². The van der Waals surface area contributed by atoms with Gasteiger partial charge < -0.3 is 20.9 Å². The number of nitrogens with two attached hydrogens (primary N) is 1. The van der Waals surface area contributed by atoms with Gasteiger partial charge in [0.25, 0.3) is 0 Å². The van der Waals surface area contributed by atoms with Crippen molar-refractivity contribution in [1.29, 1.82) is 0 Å². The minimum absolute atomic E-state index is 0.0560. The second-order valence-electron chi connectivity index (χ2n) is 8.15. The lowest BCUT2D eigenvalue weighted by Gasteiger charge is -2.24. The molecule has 0 saturated heterocycles. The monoisotopic (exact) mass is 441 g/mol. The highest BCUT2D eigenvalue weighted by atomic mass is 16.3. The molecule has 4 aromatic heterocycles. The van der Waals surface area contributed by atoms with E-state index in [2.05, 4.69) is 25.0 Å². The van der Waals surface area contributed by atoms with Gasteiger partial charge in [-0.15, -0.1) is 0 Å². The molecule has 1 aromatic carbocycles. The first-order valence-corrected chi connectivity index (χ1v) is 10.4. The summed E-state index contributed by atoms with van der Waals surface area (Å²) in [6.07, 6.45) is 7.33. The number of benzene rings is 1. The lowest BCUT2D eigenvalue weighted by molar-refractivity contribution is 0.0974. The van der Waals surface area contributed by atoms with Crippen LogP contribution in [0.2, 0.25) is 0 Å². The van der Waals surface area contributed by atoms with Crippen molar-refractivity contribution in [2.75, 3.05) is 5.73 Å². The minimum atomic E-state index is -1.41. The van der Waals surface area contributed by atoms with Gasteiger partial charge in [0.2, 0.25) is 5.95 Å². The number of hydrogen-bond acceptors (Lipinski definition) is 7. The molecule has 1 atom stereocenters. The number of fused-ring (bicyclic) bond motifs is 1. The summed E-state index contributed by atoms with van der Waals surface area (Å²) in [6.45, 7) is 1.59. The van der Waals surface area contributed by atoms with Crippen molar-refractivity contribution >= 4 is 17.0 Å². The molecule has 9 heteroatoms. The third-order valence-electron chi connectivity index (χ3n) is 5.79. The molecule has 33 heavy (non-hydrogen) atoms. The van der Waals surface area contributed by atoms with Crippen molar-refractivity contribution in [2.45, 2.75) is 19.1 Å². The maximum Gasteiger partial charge on any atom is 0.220 e. The molecule has 5 N–H and O–H groups in total. The average molecular weight is 441 g/mol. The molecular formula is C24H23N7O2. The summed E-state index contributed by atoms with van der Waals surface area (Å²) in [5.41, 5.74) is 10.4. The summed E-state index contributed by atoms with van der Waals surface area (Å²) in [6, 6.07) is 10.8. The lowest BCUT2D eigenvalue weighted by atomic mass is 9.91. The normalized spacial score (nSPS) is 13.3. The van der Waals surface area contributed by atoms with E-state index >= 15 is 0 Å². The molecule has 4 heterocycles. The highest BCUT2D eigenvalue weighted by Crippen LogP contribution is 2.34. The number of nitrogens with zero attached hydrogens (tertiary/aromatic N) is 5. The van der Waals surface area contributed by atoms with E-state index in [-0.39, 0.29) is 12.6 Å². The molecule has 0 aliphatic rings. The highest BCUT2D eigenvalue weighted by Gasteiger charge is 2.29. The van der Waals surface area contributed by atoms with E-state index < -0.39 is 5.60 Å². The molecule has 0 aliphatic carbocycles. The fourth-order valence-corrected chi connectivity index (χ4v) is 3.88. The van der Waals surface area contributed by atoms with Gasteiger partial charge in [-0.1, -0.05) is 24.3 Å². The quantitative estimate of drug-likeness (QED) is 0.329. The number of nitrogen functional groups attached to an aromatic ring is 1. The summed E-state index contributed by atoms with van der Waals surface area (Å²) in [5, 5.41) is 25.7. The molecule has 0 spiro atoms. The Hall–Kier alpha value is -4.08. The van der Waals surface area contributed by atoms with Gasteiger partial charge in [0.15, 0.2) is 0 Å². The first kappa shape index (κ1) is 20.8. The van der Waals surface area contributed by atoms with Crippen LogP contribution in [0.1, 0.15) is 23.7 Å². The maximum atomic E-state index is 11.3. The summed E-state index contributed by atoms with van der Waals surface area (Å²) in [4.78, 5) is 16.4. The molecule has 166 valence electrons. The fourth-order valence-electron chi connectivity index (χ4n) is 3.88. The molecule has 0 aliphatic heterocycles. The molecule has 9 nitrogen and oxygen atoms in total. The summed E-state index contributed by atoms with van der Waals surface area (Å²) < 4.78 is 1.74. The number of anilines is 1. The van der Waals surface area contributed by atoms with Crippen molar-refractivity contribution in [2.24, 2.45) is 7.05 Å². The van der Waals surface area contributed by atoms with Crippen LogP contribution in [0.25, 0.3) is 33.4 Å². The van der Waals surface area contributed by atoms with Crippen molar-refractivity contribution < 1.29 is 10.2 Å². The van der Waals surface area contributed by atoms with E-state index in [0.29, 0.717) is 22.6 Å². The van der Waals surface area contributed by atoms with Crippen LogP contribution in [0, 0.1) is 0 Å². The standard InChI is InChI=1S/C24H23N7O2/c1-24(33,17-5-3-14(13-32)4-6-17)21-8-20(29-23(25)30-21)19-11-27-22-18(19)7-15(9-26-22)16-10-28-31(2)12-16/h3-12,32-33H,13H2,1-2H3,(H,26,27)(H2,25,29,30). The zero-order valence-corrected chi connectivity index (χ0v) is 18.2. The number of pyridine rings is 1. The van der Waals surface area contributed by atoms with Gasteiger partial charge in [0, 0.05) is 47.7 Å². The Balaban J connectivity index is 1.60. The number of aryl methyl sites for hydroxylation is 1. The molecule has 0 radical (unpaired) electrons. The molecule has 1 unspecified atom stereocenters. The van der Waals surface area contributed by atoms with Crippen LogP contribution in [-0.4, -0.2) is 39.9 Å². The number of nitrogens with one attached hydrogen (secondary N) is 1. The zero-order chi connectivity index (χ0) is 23.2. The Morgan fingerprint density at radius 2 is 1.88 bits per heavy atom. The number of aliphatic hydroxyl groups excluding tert-OH is 1. The first-order valence-electron chi connectivity index (χ1n) is 10.4. The maximum absolute atomic E-state index is 11.3. The second kappa shape index (κ2) is 7.80. The fraction of sp³-hybridized carbons (Fsp3) is 0.167. The number of aliphatic hydroxyl groups is 2. The van der Waals surface area contributed by atoms with E-state index in [1.807, 2.05) is 25.5 Å². The van der Waals surface area contributed by atoms with E-state index in [9.17, 15) is 10.2 Å². The number of hydrogen-bond donors (Lipinski definition) is 4. The molecule has 0 bridgehead atoms. The van der Waals surface area contributed by atoms with Gasteiger partial charge in [-0.2, -0.15) is 5.10 Å². The van der Waals surface area contributed by atoms with E-state index in [1.165, 1.54) is 0 Å². The first-order chi connectivity index (χ1) is 15.8. The Kier molecular flexibility index (Phi) is 4.92. The third-order valence-corrected chi connectivity index (χ3v) is 5.79.